The second-order valence-electron chi connectivity index (χ2n) is 6.55. The Bertz CT molecular complexity index is 477. The summed E-state index contributed by atoms with van der Waals surface area (Å²) in [7, 11) is 0. The van der Waals surface area contributed by atoms with Gasteiger partial charge in [-0.1, -0.05) is 6.42 Å². The fourth-order valence-electron chi connectivity index (χ4n) is 4.47. The van der Waals surface area contributed by atoms with Gasteiger partial charge in [-0.3, -0.25) is 9.69 Å². The van der Waals surface area contributed by atoms with Gasteiger partial charge in [0, 0.05) is 32.2 Å². The Balaban J connectivity index is 1.35. The van der Waals surface area contributed by atoms with Gasteiger partial charge in [-0.05, 0) is 43.2 Å². The molecule has 0 unspecified atom stereocenters. The van der Waals surface area contributed by atoms with Crippen molar-refractivity contribution in [3.63, 3.8) is 0 Å². The lowest BCUT2D eigenvalue weighted by molar-refractivity contribution is 0.0471. The van der Waals surface area contributed by atoms with Gasteiger partial charge in [-0.2, -0.15) is 0 Å². The van der Waals surface area contributed by atoms with E-state index in [1.54, 1.807) is 18.4 Å². The van der Waals surface area contributed by atoms with Crippen molar-refractivity contribution in [1.82, 2.24) is 9.80 Å². The van der Waals surface area contributed by atoms with Crippen LogP contribution < -0.4 is 0 Å². The minimum atomic E-state index is 0.0441. The normalized spacial score (nSPS) is 33.8. The molecule has 4 nitrogen and oxygen atoms in total. The van der Waals surface area contributed by atoms with Crippen molar-refractivity contribution in [3.05, 3.63) is 24.2 Å². The molecule has 0 aromatic carbocycles. The number of piperazine rings is 1. The van der Waals surface area contributed by atoms with Crippen LogP contribution in [0.1, 0.15) is 36.2 Å². The molecule has 2 heterocycles. The molecule has 0 radical (unpaired) electrons. The topological polar surface area (TPSA) is 36.7 Å². The molecule has 1 aliphatic heterocycles. The quantitative estimate of drug-likeness (QED) is 0.830. The molecule has 1 saturated heterocycles. The Morgan fingerprint density at radius 3 is 2.60 bits per heavy atom. The number of fused-ring (bicyclic) bond motifs is 2. The third-order valence-electron chi connectivity index (χ3n) is 5.50. The highest BCUT2D eigenvalue weighted by atomic mass is 16.3. The van der Waals surface area contributed by atoms with Gasteiger partial charge >= 0.3 is 0 Å². The summed E-state index contributed by atoms with van der Waals surface area (Å²) in [6.45, 7) is 3.74. The van der Waals surface area contributed by atoms with E-state index in [1.165, 1.54) is 25.7 Å². The van der Waals surface area contributed by atoms with E-state index in [1.807, 2.05) is 4.90 Å². The summed E-state index contributed by atoms with van der Waals surface area (Å²) in [4.78, 5) is 16.8. The fourth-order valence-corrected chi connectivity index (χ4v) is 4.47. The standard InChI is InChI=1S/C16H22N2O2/c19-16(15-2-1-9-20-15)18-7-5-17(6-8-18)14-11-12-3-4-13(14)10-12/h1-2,9,12-14H,3-8,10-11H2/t12-,13+,14-/m0/s1. The molecule has 3 fully saturated rings. The van der Waals surface area contributed by atoms with Crippen LogP contribution in [-0.2, 0) is 0 Å². The maximum absolute atomic E-state index is 12.2. The number of nitrogens with zero attached hydrogens (tertiary/aromatic N) is 2. The van der Waals surface area contributed by atoms with Gasteiger partial charge < -0.3 is 9.32 Å². The van der Waals surface area contributed by atoms with Gasteiger partial charge in [0.05, 0.1) is 6.26 Å². The average molecular weight is 274 g/mol. The molecule has 20 heavy (non-hydrogen) atoms. The van der Waals surface area contributed by atoms with Gasteiger partial charge in [0.15, 0.2) is 5.76 Å². The van der Waals surface area contributed by atoms with E-state index in [2.05, 4.69) is 4.90 Å². The van der Waals surface area contributed by atoms with Crippen LogP contribution in [0.25, 0.3) is 0 Å². The number of rotatable bonds is 2. The Morgan fingerprint density at radius 2 is 2.00 bits per heavy atom. The Hall–Kier alpha value is -1.29. The van der Waals surface area contributed by atoms with E-state index in [9.17, 15) is 4.79 Å². The van der Waals surface area contributed by atoms with Crippen LogP contribution >= 0.6 is 0 Å². The van der Waals surface area contributed by atoms with E-state index >= 15 is 0 Å². The van der Waals surface area contributed by atoms with Gasteiger partial charge in [-0.15, -0.1) is 0 Å². The first kappa shape index (κ1) is 12.5. The maximum Gasteiger partial charge on any atom is 0.289 e. The summed E-state index contributed by atoms with van der Waals surface area (Å²) in [6.07, 6.45) is 7.31. The molecular formula is C16H22N2O2. The highest BCUT2D eigenvalue weighted by Crippen LogP contribution is 2.46. The summed E-state index contributed by atoms with van der Waals surface area (Å²) in [5.74, 6) is 2.45. The molecule has 4 heteroatoms. The van der Waals surface area contributed by atoms with E-state index in [-0.39, 0.29) is 5.91 Å². The van der Waals surface area contributed by atoms with Gasteiger partial charge in [-0.25, -0.2) is 0 Å². The molecule has 2 saturated carbocycles. The fraction of sp³-hybridized carbons (Fsp3) is 0.688. The van der Waals surface area contributed by atoms with Crippen LogP contribution in [0.5, 0.6) is 0 Å². The summed E-state index contributed by atoms with van der Waals surface area (Å²) in [5, 5.41) is 0. The van der Waals surface area contributed by atoms with Gasteiger partial charge in [0.2, 0.25) is 0 Å². The molecule has 3 atom stereocenters. The Labute approximate surface area is 119 Å². The van der Waals surface area contributed by atoms with E-state index in [4.69, 9.17) is 4.42 Å². The molecule has 3 aliphatic rings. The van der Waals surface area contributed by atoms with E-state index < -0.39 is 0 Å². The van der Waals surface area contributed by atoms with Crippen molar-refractivity contribution in [2.24, 2.45) is 11.8 Å². The lowest BCUT2D eigenvalue weighted by Gasteiger charge is -2.40. The third kappa shape index (κ3) is 2.06. The first-order valence-corrected chi connectivity index (χ1v) is 7.88. The van der Waals surface area contributed by atoms with Crippen molar-refractivity contribution in [2.45, 2.75) is 31.7 Å². The zero-order valence-corrected chi connectivity index (χ0v) is 11.8. The first-order chi connectivity index (χ1) is 9.81. The number of furan rings is 1. The number of amides is 1. The monoisotopic (exact) mass is 274 g/mol. The van der Waals surface area contributed by atoms with Gasteiger partial charge in [0.1, 0.15) is 0 Å². The second-order valence-corrected chi connectivity index (χ2v) is 6.55. The average Bonchev–Trinajstić information content (AvgIpc) is 3.23. The molecule has 0 N–H and O–H groups in total. The molecule has 4 rings (SSSR count). The molecule has 0 spiro atoms. The Morgan fingerprint density at radius 1 is 1.15 bits per heavy atom. The summed E-state index contributed by atoms with van der Waals surface area (Å²) in [6, 6.07) is 4.33. The highest BCUT2D eigenvalue weighted by Gasteiger charge is 2.43. The van der Waals surface area contributed by atoms with Crippen molar-refractivity contribution < 1.29 is 9.21 Å². The smallest absolute Gasteiger partial charge is 0.289 e. The van der Waals surface area contributed by atoms with Crippen molar-refractivity contribution >= 4 is 5.91 Å². The van der Waals surface area contributed by atoms with Crippen LogP contribution in [0.2, 0.25) is 0 Å². The van der Waals surface area contributed by atoms with Crippen LogP contribution in [0.15, 0.2) is 22.8 Å². The molecule has 1 aromatic heterocycles. The predicted octanol–water partition coefficient (Wildman–Crippen LogP) is 2.23. The number of hydrogen-bond acceptors (Lipinski definition) is 3. The highest BCUT2D eigenvalue weighted by molar-refractivity contribution is 5.91. The minimum Gasteiger partial charge on any atom is -0.459 e. The minimum absolute atomic E-state index is 0.0441. The largest absolute Gasteiger partial charge is 0.459 e. The number of carbonyl (C=O) groups excluding carboxylic acids is 1. The molecule has 1 amide bonds. The molecule has 2 bridgehead atoms. The van der Waals surface area contributed by atoms with Crippen LogP contribution in [0.4, 0.5) is 0 Å². The summed E-state index contributed by atoms with van der Waals surface area (Å²) >= 11 is 0. The van der Waals surface area contributed by atoms with Gasteiger partial charge in [0.25, 0.3) is 5.91 Å². The van der Waals surface area contributed by atoms with Crippen molar-refractivity contribution in [2.75, 3.05) is 26.2 Å². The van der Waals surface area contributed by atoms with E-state index in [0.29, 0.717) is 5.76 Å². The molecule has 1 aromatic rings. The zero-order chi connectivity index (χ0) is 13.5. The lowest BCUT2D eigenvalue weighted by Crippen LogP contribution is -2.53. The van der Waals surface area contributed by atoms with E-state index in [0.717, 1.165) is 44.1 Å². The van der Waals surface area contributed by atoms with Crippen LogP contribution in [0.3, 0.4) is 0 Å². The van der Waals surface area contributed by atoms with Crippen molar-refractivity contribution in [3.8, 4) is 0 Å². The van der Waals surface area contributed by atoms with Crippen molar-refractivity contribution in [1.29, 1.82) is 0 Å². The molecule has 2 aliphatic carbocycles. The summed E-state index contributed by atoms with van der Waals surface area (Å²) in [5.41, 5.74) is 0. The predicted molar refractivity (Wildman–Crippen MR) is 75.4 cm³/mol. The van der Waals surface area contributed by atoms with Crippen LogP contribution in [-0.4, -0.2) is 47.9 Å². The zero-order valence-electron chi connectivity index (χ0n) is 11.8. The SMILES string of the molecule is O=C(c1ccco1)N1CCN([C@H]2C[C@H]3CC[C@@H]2C3)CC1. The second kappa shape index (κ2) is 4.92. The first-order valence-electron chi connectivity index (χ1n) is 7.88. The van der Waals surface area contributed by atoms with Crippen LogP contribution in [0, 0.1) is 11.8 Å². The number of hydrogen-bond donors (Lipinski definition) is 0. The Kier molecular flexibility index (Phi) is 3.06. The third-order valence-corrected chi connectivity index (χ3v) is 5.50. The maximum atomic E-state index is 12.2. The molecule has 108 valence electrons. The number of carbonyl (C=O) groups is 1. The molecular weight excluding hydrogens is 252 g/mol. The summed E-state index contributed by atoms with van der Waals surface area (Å²) < 4.78 is 5.21. The lowest BCUT2D eigenvalue weighted by atomic mass is 9.93.